The Morgan fingerprint density at radius 2 is 1.50 bits per heavy atom. The summed E-state index contributed by atoms with van der Waals surface area (Å²) < 4.78 is 8.32. The monoisotopic (exact) mass is 515 g/mol. The van der Waals surface area contributed by atoms with Gasteiger partial charge in [0.1, 0.15) is 6.54 Å². The number of para-hydroxylation sites is 1. The summed E-state index contributed by atoms with van der Waals surface area (Å²) in [6.07, 6.45) is 21.0. The van der Waals surface area contributed by atoms with Gasteiger partial charge in [0.25, 0.3) is 0 Å². The van der Waals surface area contributed by atoms with Crippen molar-refractivity contribution in [3.05, 3.63) is 53.3 Å². The van der Waals surface area contributed by atoms with Crippen LogP contribution < -0.4 is 14.2 Å². The Labute approximate surface area is 225 Å². The number of ether oxygens (including phenoxy) is 1. The van der Waals surface area contributed by atoms with Crippen LogP contribution in [0.15, 0.2) is 42.7 Å². The van der Waals surface area contributed by atoms with E-state index in [9.17, 15) is 4.79 Å². The average molecular weight is 516 g/mol. The molecule has 0 fully saturated rings. The summed E-state index contributed by atoms with van der Waals surface area (Å²) in [4.78, 5) is 14.4. The third-order valence-electron chi connectivity index (χ3n) is 6.60. The van der Waals surface area contributed by atoms with Gasteiger partial charge < -0.3 is 9.64 Å². The molecule has 5 heteroatoms. The zero-order chi connectivity index (χ0) is 26.0. The second-order valence-corrected chi connectivity index (χ2v) is 10.3. The SMILES string of the molecule is CCCCCCCCCCCCCCOc1c(Cl)cccc1N(Cc1ccc[n+](CCC)c1)C(C)=O. The number of unbranched alkanes of at least 4 members (excludes halogenated alkanes) is 11. The molecule has 2 rings (SSSR count). The highest BCUT2D eigenvalue weighted by atomic mass is 35.5. The van der Waals surface area contributed by atoms with Gasteiger partial charge in [-0.15, -0.1) is 0 Å². The Bertz CT molecular complexity index is 887. The molecule has 1 heterocycles. The van der Waals surface area contributed by atoms with E-state index in [1.54, 1.807) is 11.8 Å². The molecular weight excluding hydrogens is 468 g/mol. The van der Waals surface area contributed by atoms with Gasteiger partial charge in [0.15, 0.2) is 18.1 Å². The molecule has 0 N–H and O–H groups in total. The van der Waals surface area contributed by atoms with Gasteiger partial charge in [0.2, 0.25) is 5.91 Å². The number of carbonyl (C=O) groups excluding carboxylic acids is 1. The highest BCUT2D eigenvalue weighted by Gasteiger charge is 2.20. The Morgan fingerprint density at radius 3 is 2.11 bits per heavy atom. The molecule has 0 aliphatic heterocycles. The third-order valence-corrected chi connectivity index (χ3v) is 6.90. The van der Waals surface area contributed by atoms with Crippen molar-refractivity contribution >= 4 is 23.2 Å². The molecule has 2 aromatic rings. The first kappa shape index (κ1) is 30.2. The highest BCUT2D eigenvalue weighted by Crippen LogP contribution is 2.36. The molecule has 0 aliphatic carbocycles. The second kappa shape index (κ2) is 18.2. The molecule has 0 saturated carbocycles. The topological polar surface area (TPSA) is 33.4 Å². The number of halogens is 1. The van der Waals surface area contributed by atoms with Crippen LogP contribution in [0.3, 0.4) is 0 Å². The summed E-state index contributed by atoms with van der Waals surface area (Å²) in [5, 5.41) is 0.548. The number of hydrogen-bond acceptors (Lipinski definition) is 2. The normalized spacial score (nSPS) is 11.0. The number of nitrogens with zero attached hydrogens (tertiary/aromatic N) is 2. The molecule has 4 nitrogen and oxygen atoms in total. The molecule has 0 saturated heterocycles. The van der Waals surface area contributed by atoms with Gasteiger partial charge in [-0.1, -0.05) is 102 Å². The van der Waals surface area contributed by atoms with E-state index in [1.165, 1.54) is 64.2 Å². The van der Waals surface area contributed by atoms with Crippen molar-refractivity contribution in [2.24, 2.45) is 0 Å². The minimum atomic E-state index is -0.0293. The number of rotatable bonds is 19. The van der Waals surface area contributed by atoms with Gasteiger partial charge in [-0.25, -0.2) is 4.57 Å². The van der Waals surface area contributed by atoms with Crippen molar-refractivity contribution in [2.75, 3.05) is 11.5 Å². The van der Waals surface area contributed by atoms with Gasteiger partial charge >= 0.3 is 0 Å². The second-order valence-electron chi connectivity index (χ2n) is 9.88. The van der Waals surface area contributed by atoms with Crippen molar-refractivity contribution in [3.63, 3.8) is 0 Å². The lowest BCUT2D eigenvalue weighted by atomic mass is 10.1. The lowest BCUT2D eigenvalue weighted by Gasteiger charge is -2.24. The molecule has 0 spiro atoms. The molecule has 36 heavy (non-hydrogen) atoms. The number of amides is 1. The fourth-order valence-electron chi connectivity index (χ4n) is 4.59. The van der Waals surface area contributed by atoms with Crippen molar-refractivity contribution in [2.45, 2.75) is 117 Å². The zero-order valence-corrected chi connectivity index (χ0v) is 23.7. The molecule has 1 aromatic heterocycles. The smallest absolute Gasteiger partial charge is 0.224 e. The summed E-state index contributed by atoms with van der Waals surface area (Å²) in [6, 6.07) is 9.73. The molecule has 200 valence electrons. The fourth-order valence-corrected chi connectivity index (χ4v) is 4.81. The quantitative estimate of drug-likeness (QED) is 0.138. The maximum atomic E-state index is 12.6. The average Bonchev–Trinajstić information content (AvgIpc) is 2.86. The minimum Gasteiger partial charge on any atom is -0.490 e. The van der Waals surface area contributed by atoms with Gasteiger partial charge in [-0.2, -0.15) is 0 Å². The standard InChI is InChI=1S/C31H48ClN2O2/c1-4-6-7-8-9-10-11-12-13-14-15-16-24-36-31-29(32)20-17-21-30(31)34(27(3)35)26-28-19-18-23-33(25-28)22-5-2/h17-21,23,25H,4-16,22,24,26H2,1-3H3/q+1. The van der Waals surface area contributed by atoms with Gasteiger partial charge in [0, 0.05) is 25.0 Å². The fraction of sp³-hybridized carbons (Fsp3) is 0.613. The largest absolute Gasteiger partial charge is 0.490 e. The Hall–Kier alpha value is -2.07. The number of carbonyl (C=O) groups is 1. The summed E-state index contributed by atoms with van der Waals surface area (Å²) >= 11 is 6.53. The Morgan fingerprint density at radius 1 is 0.861 bits per heavy atom. The molecule has 0 radical (unpaired) electrons. The first-order valence-electron chi connectivity index (χ1n) is 14.2. The molecule has 1 aromatic carbocycles. The van der Waals surface area contributed by atoms with E-state index in [2.05, 4.69) is 36.9 Å². The molecular formula is C31H48ClN2O2+. The number of benzene rings is 1. The van der Waals surface area contributed by atoms with Gasteiger partial charge in [0.05, 0.1) is 23.9 Å². The number of anilines is 1. The minimum absolute atomic E-state index is 0.0293. The van der Waals surface area contributed by atoms with Crippen LogP contribution in [0.2, 0.25) is 5.02 Å². The highest BCUT2D eigenvalue weighted by molar-refractivity contribution is 6.32. The van der Waals surface area contributed by atoms with E-state index < -0.39 is 0 Å². The Kier molecular flexibility index (Phi) is 15.3. The van der Waals surface area contributed by atoms with Crippen LogP contribution in [0.4, 0.5) is 5.69 Å². The van der Waals surface area contributed by atoms with Gasteiger partial charge in [-0.05, 0) is 24.6 Å². The predicted molar refractivity (Wildman–Crippen MR) is 152 cm³/mol. The van der Waals surface area contributed by atoms with Crippen LogP contribution in [0, 0.1) is 0 Å². The predicted octanol–water partition coefficient (Wildman–Crippen LogP) is 8.67. The van der Waals surface area contributed by atoms with Crippen molar-refractivity contribution in [1.29, 1.82) is 0 Å². The first-order chi connectivity index (χ1) is 17.6. The lowest BCUT2D eigenvalue weighted by molar-refractivity contribution is -0.697. The van der Waals surface area contributed by atoms with E-state index >= 15 is 0 Å². The van der Waals surface area contributed by atoms with Gasteiger partial charge in [-0.3, -0.25) is 4.79 Å². The molecule has 1 amide bonds. The molecule has 0 atom stereocenters. The summed E-state index contributed by atoms with van der Waals surface area (Å²) in [6.45, 7) is 8.08. The molecule has 0 aliphatic rings. The van der Waals surface area contributed by atoms with E-state index in [4.69, 9.17) is 16.3 Å². The van der Waals surface area contributed by atoms with E-state index in [1.807, 2.05) is 24.3 Å². The van der Waals surface area contributed by atoms with Crippen molar-refractivity contribution in [1.82, 2.24) is 0 Å². The van der Waals surface area contributed by atoms with Crippen LogP contribution in [0.25, 0.3) is 0 Å². The van der Waals surface area contributed by atoms with Crippen LogP contribution in [-0.4, -0.2) is 12.5 Å². The van der Waals surface area contributed by atoms with Crippen LogP contribution in [0.1, 0.15) is 110 Å². The maximum Gasteiger partial charge on any atom is 0.224 e. The Balaban J connectivity index is 1.81. The number of aromatic nitrogens is 1. The maximum absolute atomic E-state index is 12.6. The number of aryl methyl sites for hydroxylation is 1. The van der Waals surface area contributed by atoms with Crippen LogP contribution >= 0.6 is 11.6 Å². The number of pyridine rings is 1. The number of hydrogen-bond donors (Lipinski definition) is 0. The molecule has 0 bridgehead atoms. The van der Waals surface area contributed by atoms with Crippen molar-refractivity contribution < 1.29 is 14.1 Å². The zero-order valence-electron chi connectivity index (χ0n) is 22.9. The summed E-state index contributed by atoms with van der Waals surface area (Å²) in [5.41, 5.74) is 1.81. The summed E-state index contributed by atoms with van der Waals surface area (Å²) in [7, 11) is 0. The van der Waals surface area contributed by atoms with Crippen LogP contribution in [0.5, 0.6) is 5.75 Å². The summed E-state index contributed by atoms with van der Waals surface area (Å²) in [5.74, 6) is 0.577. The van der Waals surface area contributed by atoms with E-state index in [0.29, 0.717) is 23.9 Å². The first-order valence-corrected chi connectivity index (χ1v) is 14.6. The van der Waals surface area contributed by atoms with E-state index in [0.717, 1.165) is 37.1 Å². The third kappa shape index (κ3) is 11.3. The molecule has 0 unspecified atom stereocenters. The van der Waals surface area contributed by atoms with Crippen molar-refractivity contribution in [3.8, 4) is 5.75 Å². The lowest BCUT2D eigenvalue weighted by Crippen LogP contribution is -2.35. The van der Waals surface area contributed by atoms with E-state index in [-0.39, 0.29) is 5.91 Å². The van der Waals surface area contributed by atoms with Crippen LogP contribution in [-0.2, 0) is 17.9 Å².